The van der Waals surface area contributed by atoms with E-state index in [0.29, 0.717) is 26.1 Å². The predicted octanol–water partition coefficient (Wildman–Crippen LogP) is -1.54. The largest absolute Gasteiger partial charge is 0.355 e. The van der Waals surface area contributed by atoms with E-state index in [1.54, 1.807) is 4.90 Å². The van der Waals surface area contributed by atoms with Crippen molar-refractivity contribution in [2.45, 2.75) is 12.8 Å². The monoisotopic (exact) mass is 250 g/mol. The van der Waals surface area contributed by atoms with Gasteiger partial charge in [0.15, 0.2) is 0 Å². The van der Waals surface area contributed by atoms with Gasteiger partial charge in [-0.15, -0.1) is 0 Å². The summed E-state index contributed by atoms with van der Waals surface area (Å²) in [6, 6.07) is 0. The second kappa shape index (κ2) is 4.08. The number of piperidine rings is 1. The quantitative estimate of drug-likeness (QED) is 0.590. The highest BCUT2D eigenvalue weighted by Gasteiger charge is 2.41. The van der Waals surface area contributed by atoms with Gasteiger partial charge in [-0.1, -0.05) is 0 Å². The number of nitrogens with one attached hydrogen (secondary N) is 2. The van der Waals surface area contributed by atoms with Crippen LogP contribution < -0.4 is 10.7 Å². The number of amides is 3. The van der Waals surface area contributed by atoms with Crippen molar-refractivity contribution in [2.75, 3.05) is 19.6 Å². The lowest BCUT2D eigenvalue weighted by Gasteiger charge is -2.33. The molecular formula is C11H14N4O3. The van der Waals surface area contributed by atoms with Crippen molar-refractivity contribution in [3.05, 3.63) is 0 Å². The van der Waals surface area contributed by atoms with E-state index in [0.717, 1.165) is 0 Å². The summed E-state index contributed by atoms with van der Waals surface area (Å²) < 4.78 is 0. The first-order chi connectivity index (χ1) is 8.65. The van der Waals surface area contributed by atoms with Gasteiger partial charge in [-0.3, -0.25) is 14.4 Å². The van der Waals surface area contributed by atoms with E-state index in [1.165, 1.54) is 0 Å². The standard InChI is InChI=1S/C11H14N4O3/c16-9-3-8(13-14-9)11(18)15-2-1-7-6(5-15)4-12-10(7)17/h6-7H,1-5H2,(H,12,17)(H,14,16)/t6-,7+/m0/s1. The molecule has 2 atom stereocenters. The molecular weight excluding hydrogens is 236 g/mol. The third-order valence-electron chi connectivity index (χ3n) is 3.79. The molecule has 3 aliphatic heterocycles. The van der Waals surface area contributed by atoms with E-state index >= 15 is 0 Å². The molecule has 2 fully saturated rings. The number of hydrazone groups is 1. The van der Waals surface area contributed by atoms with Gasteiger partial charge in [-0.05, 0) is 6.42 Å². The Kier molecular flexibility index (Phi) is 2.53. The van der Waals surface area contributed by atoms with Crippen LogP contribution in [0.1, 0.15) is 12.8 Å². The minimum Gasteiger partial charge on any atom is -0.355 e. The fraction of sp³-hybridized carbons (Fsp3) is 0.636. The number of nitrogens with zero attached hydrogens (tertiary/aromatic N) is 2. The highest BCUT2D eigenvalue weighted by atomic mass is 16.2. The Balaban J connectivity index is 1.66. The fourth-order valence-electron chi connectivity index (χ4n) is 2.80. The van der Waals surface area contributed by atoms with Crippen LogP contribution in [0.5, 0.6) is 0 Å². The first kappa shape index (κ1) is 11.2. The summed E-state index contributed by atoms with van der Waals surface area (Å²) in [6.45, 7) is 1.76. The molecule has 0 radical (unpaired) electrons. The second-order valence-corrected chi connectivity index (χ2v) is 4.92. The molecule has 18 heavy (non-hydrogen) atoms. The van der Waals surface area contributed by atoms with Crippen molar-refractivity contribution in [3.8, 4) is 0 Å². The molecule has 0 aliphatic carbocycles. The summed E-state index contributed by atoms with van der Waals surface area (Å²) in [5.41, 5.74) is 2.55. The van der Waals surface area contributed by atoms with Crippen LogP contribution in [0.4, 0.5) is 0 Å². The molecule has 0 bridgehead atoms. The Morgan fingerprint density at radius 2 is 2.22 bits per heavy atom. The molecule has 0 spiro atoms. The topological polar surface area (TPSA) is 90.9 Å². The summed E-state index contributed by atoms with van der Waals surface area (Å²) in [7, 11) is 0. The Bertz CT molecular complexity index is 459. The summed E-state index contributed by atoms with van der Waals surface area (Å²) in [6.07, 6.45) is 0.748. The first-order valence-electron chi connectivity index (χ1n) is 6.07. The fourth-order valence-corrected chi connectivity index (χ4v) is 2.80. The summed E-state index contributed by atoms with van der Waals surface area (Å²) in [4.78, 5) is 36.3. The summed E-state index contributed by atoms with van der Waals surface area (Å²) in [5.74, 6) is -0.0977. The smallest absolute Gasteiger partial charge is 0.270 e. The van der Waals surface area contributed by atoms with Crippen LogP contribution in [-0.4, -0.2) is 48.0 Å². The van der Waals surface area contributed by atoms with E-state index in [2.05, 4.69) is 15.8 Å². The van der Waals surface area contributed by atoms with Gasteiger partial charge in [0, 0.05) is 31.5 Å². The molecule has 0 aromatic carbocycles. The van der Waals surface area contributed by atoms with Gasteiger partial charge in [0.05, 0.1) is 6.42 Å². The van der Waals surface area contributed by atoms with Gasteiger partial charge in [-0.25, -0.2) is 5.43 Å². The molecule has 0 unspecified atom stereocenters. The number of hydrogen-bond donors (Lipinski definition) is 2. The second-order valence-electron chi connectivity index (χ2n) is 4.92. The van der Waals surface area contributed by atoms with Crippen LogP contribution in [0.2, 0.25) is 0 Å². The van der Waals surface area contributed by atoms with Crippen LogP contribution in [0.3, 0.4) is 0 Å². The van der Waals surface area contributed by atoms with Gasteiger partial charge in [0.25, 0.3) is 5.91 Å². The first-order valence-corrected chi connectivity index (χ1v) is 6.07. The zero-order valence-corrected chi connectivity index (χ0v) is 9.81. The molecule has 2 saturated heterocycles. The van der Waals surface area contributed by atoms with Crippen molar-refractivity contribution in [3.63, 3.8) is 0 Å². The Morgan fingerprint density at radius 3 is 2.94 bits per heavy atom. The highest BCUT2D eigenvalue weighted by molar-refractivity contribution is 6.43. The molecule has 0 aromatic rings. The number of carbonyl (C=O) groups is 3. The van der Waals surface area contributed by atoms with Crippen LogP contribution in [0.15, 0.2) is 5.10 Å². The summed E-state index contributed by atoms with van der Waals surface area (Å²) in [5, 5.41) is 6.56. The van der Waals surface area contributed by atoms with Gasteiger partial charge < -0.3 is 10.2 Å². The molecule has 96 valence electrons. The molecule has 0 aromatic heterocycles. The Morgan fingerprint density at radius 1 is 1.39 bits per heavy atom. The van der Waals surface area contributed by atoms with Crippen molar-refractivity contribution < 1.29 is 14.4 Å². The van der Waals surface area contributed by atoms with E-state index in [-0.39, 0.29) is 41.7 Å². The average Bonchev–Trinajstić information content (AvgIpc) is 2.95. The van der Waals surface area contributed by atoms with Crippen LogP contribution in [0, 0.1) is 11.8 Å². The molecule has 3 aliphatic rings. The highest BCUT2D eigenvalue weighted by Crippen LogP contribution is 2.27. The van der Waals surface area contributed by atoms with E-state index in [1.807, 2.05) is 0 Å². The lowest BCUT2D eigenvalue weighted by atomic mass is 9.88. The molecule has 7 heteroatoms. The van der Waals surface area contributed by atoms with Gasteiger partial charge in [0.1, 0.15) is 5.71 Å². The van der Waals surface area contributed by atoms with Crippen molar-refractivity contribution >= 4 is 23.4 Å². The van der Waals surface area contributed by atoms with Crippen LogP contribution in [0.25, 0.3) is 0 Å². The minimum absolute atomic E-state index is 0.0410. The van der Waals surface area contributed by atoms with E-state index < -0.39 is 0 Å². The molecule has 3 rings (SSSR count). The third-order valence-corrected chi connectivity index (χ3v) is 3.79. The maximum Gasteiger partial charge on any atom is 0.270 e. The van der Waals surface area contributed by atoms with Gasteiger partial charge in [0.2, 0.25) is 11.8 Å². The maximum atomic E-state index is 12.1. The third kappa shape index (κ3) is 1.75. The van der Waals surface area contributed by atoms with Gasteiger partial charge >= 0.3 is 0 Å². The lowest BCUT2D eigenvalue weighted by molar-refractivity contribution is -0.130. The zero-order valence-electron chi connectivity index (χ0n) is 9.81. The maximum absolute atomic E-state index is 12.1. The van der Waals surface area contributed by atoms with Crippen LogP contribution in [-0.2, 0) is 14.4 Å². The minimum atomic E-state index is -0.244. The van der Waals surface area contributed by atoms with E-state index in [9.17, 15) is 14.4 Å². The lowest BCUT2D eigenvalue weighted by Crippen LogP contribution is -2.46. The van der Waals surface area contributed by atoms with Crippen molar-refractivity contribution in [1.29, 1.82) is 0 Å². The van der Waals surface area contributed by atoms with Crippen LogP contribution >= 0.6 is 0 Å². The summed E-state index contributed by atoms with van der Waals surface area (Å²) >= 11 is 0. The number of likely N-dealkylation sites (tertiary alicyclic amines) is 1. The number of fused-ring (bicyclic) bond motifs is 1. The molecule has 3 amide bonds. The number of hydrogen-bond acceptors (Lipinski definition) is 4. The van der Waals surface area contributed by atoms with Crippen molar-refractivity contribution in [2.24, 2.45) is 16.9 Å². The molecule has 2 N–H and O–H groups in total. The predicted molar refractivity (Wildman–Crippen MR) is 61.4 cm³/mol. The van der Waals surface area contributed by atoms with E-state index in [4.69, 9.17) is 0 Å². The number of rotatable bonds is 1. The Labute approximate surface area is 104 Å². The van der Waals surface area contributed by atoms with Gasteiger partial charge in [-0.2, -0.15) is 5.10 Å². The molecule has 7 nitrogen and oxygen atoms in total. The normalized spacial score (nSPS) is 30.7. The molecule has 3 heterocycles. The number of carbonyl (C=O) groups excluding carboxylic acids is 3. The molecule has 0 saturated carbocycles. The average molecular weight is 250 g/mol. The van der Waals surface area contributed by atoms with Crippen molar-refractivity contribution in [1.82, 2.24) is 15.6 Å². The Hall–Kier alpha value is -1.92. The zero-order chi connectivity index (χ0) is 12.7. The SMILES string of the molecule is O=C1CC(C(=O)N2CC[C@H]3C(=O)NC[C@H]3C2)=NN1.